The van der Waals surface area contributed by atoms with Crippen molar-refractivity contribution in [2.24, 2.45) is 0 Å². The van der Waals surface area contributed by atoms with E-state index in [-0.39, 0.29) is 13.2 Å². The van der Waals surface area contributed by atoms with E-state index in [9.17, 15) is 4.57 Å². The Morgan fingerprint density at radius 2 is 1.69 bits per heavy atom. The average molecular weight is 262 g/mol. The molecule has 0 fully saturated rings. The summed E-state index contributed by atoms with van der Waals surface area (Å²) in [6, 6.07) is 9.35. The molecule has 16 heavy (non-hydrogen) atoms. The van der Waals surface area contributed by atoms with E-state index in [2.05, 4.69) is 0 Å². The molecule has 1 rings (SSSR count). The molecule has 0 aliphatic rings. The lowest BCUT2D eigenvalue weighted by Crippen LogP contribution is -1.96. The van der Waals surface area contributed by atoms with Gasteiger partial charge in [-0.3, -0.25) is 9.05 Å². The zero-order valence-electron chi connectivity index (χ0n) is 9.29. The van der Waals surface area contributed by atoms with Crippen LogP contribution in [0.4, 0.5) is 0 Å². The summed E-state index contributed by atoms with van der Waals surface area (Å²) in [7, 11) is -3.42. The van der Waals surface area contributed by atoms with Gasteiger partial charge in [0.1, 0.15) is 0 Å². The van der Waals surface area contributed by atoms with Gasteiger partial charge in [0.05, 0.1) is 13.2 Å². The minimum atomic E-state index is -3.42. The molecule has 0 saturated carbocycles. The minimum Gasteiger partial charge on any atom is -0.287 e. The first-order valence-electron chi connectivity index (χ1n) is 5.00. The van der Waals surface area contributed by atoms with Crippen LogP contribution in [-0.4, -0.2) is 13.2 Å². The van der Waals surface area contributed by atoms with Gasteiger partial charge in [-0.1, -0.05) is 18.2 Å². The first kappa shape index (κ1) is 13.7. The van der Waals surface area contributed by atoms with Gasteiger partial charge in [-0.15, -0.1) is 0 Å². The summed E-state index contributed by atoms with van der Waals surface area (Å²) < 4.78 is 27.0. The summed E-state index contributed by atoms with van der Waals surface area (Å²) in [6.45, 7) is 4.05. The van der Waals surface area contributed by atoms with Gasteiger partial charge in [-0.05, 0) is 26.0 Å². The van der Waals surface area contributed by atoms with Crippen LogP contribution in [0.1, 0.15) is 13.8 Å². The predicted molar refractivity (Wildman–Crippen MR) is 64.2 cm³/mol. The first-order valence-corrected chi connectivity index (χ1v) is 7.21. The van der Waals surface area contributed by atoms with E-state index in [4.69, 9.17) is 13.0 Å². The van der Waals surface area contributed by atoms with Crippen molar-refractivity contribution >= 4 is 19.9 Å². The van der Waals surface area contributed by atoms with Gasteiger partial charge in [0, 0.05) is 16.9 Å². The highest BCUT2D eigenvalue weighted by atomic mass is 32.2. The van der Waals surface area contributed by atoms with Crippen LogP contribution in [0.15, 0.2) is 35.2 Å². The van der Waals surface area contributed by atoms with Crippen LogP contribution in [0.5, 0.6) is 0 Å². The van der Waals surface area contributed by atoms with Gasteiger partial charge >= 0.3 is 7.82 Å². The number of hydrogen-bond donors (Lipinski definition) is 0. The van der Waals surface area contributed by atoms with Gasteiger partial charge in [0.15, 0.2) is 0 Å². The van der Waals surface area contributed by atoms with Crippen molar-refractivity contribution < 1.29 is 17.6 Å². The molecule has 90 valence electrons. The molecule has 6 heteroatoms. The van der Waals surface area contributed by atoms with E-state index in [0.29, 0.717) is 0 Å². The molecule has 0 N–H and O–H groups in total. The number of rotatable bonds is 7. The topological polar surface area (TPSA) is 44.8 Å². The maximum Gasteiger partial charge on any atom is 0.486 e. The van der Waals surface area contributed by atoms with E-state index in [1.165, 1.54) is 0 Å². The summed E-state index contributed by atoms with van der Waals surface area (Å²) in [4.78, 5) is 0.849. The minimum absolute atomic E-state index is 0.284. The molecule has 0 amide bonds. The number of benzene rings is 1. The molecule has 0 saturated heterocycles. The van der Waals surface area contributed by atoms with Gasteiger partial charge in [0.25, 0.3) is 0 Å². The molecule has 1 aromatic carbocycles. The van der Waals surface area contributed by atoms with Crippen LogP contribution in [0, 0.1) is 0 Å². The Labute approximate surface area is 100 Å². The van der Waals surface area contributed by atoms with Gasteiger partial charge in [-0.2, -0.15) is 0 Å². The van der Waals surface area contributed by atoms with Crippen LogP contribution in [-0.2, 0) is 17.6 Å². The van der Waals surface area contributed by atoms with Gasteiger partial charge in [-0.25, -0.2) is 8.54 Å². The molecule has 0 radical (unpaired) electrons. The zero-order valence-corrected chi connectivity index (χ0v) is 11.0. The second kappa shape index (κ2) is 7.09. The van der Waals surface area contributed by atoms with Crippen molar-refractivity contribution in [2.75, 3.05) is 13.2 Å². The van der Waals surface area contributed by atoms with Crippen molar-refractivity contribution in [3.05, 3.63) is 30.3 Å². The quantitative estimate of drug-likeness (QED) is 0.551. The number of phosphoric ester groups is 1. The lowest BCUT2D eigenvalue weighted by atomic mass is 10.4. The fourth-order valence-corrected chi connectivity index (χ4v) is 2.99. The fourth-order valence-electron chi connectivity index (χ4n) is 0.961. The SMILES string of the molecule is CCOP(=O)(OCC)OSc1ccccc1. The van der Waals surface area contributed by atoms with Crippen molar-refractivity contribution in [2.45, 2.75) is 18.7 Å². The molecular weight excluding hydrogens is 247 g/mol. The van der Waals surface area contributed by atoms with Gasteiger partial charge in [0.2, 0.25) is 0 Å². The van der Waals surface area contributed by atoms with E-state index >= 15 is 0 Å². The maximum absolute atomic E-state index is 11.9. The molecule has 0 aromatic heterocycles. The highest BCUT2D eigenvalue weighted by Crippen LogP contribution is 2.53. The van der Waals surface area contributed by atoms with Crippen molar-refractivity contribution in [3.63, 3.8) is 0 Å². The van der Waals surface area contributed by atoms with Crippen LogP contribution < -0.4 is 0 Å². The Kier molecular flexibility index (Phi) is 6.09. The second-order valence-corrected chi connectivity index (χ2v) is 5.40. The highest BCUT2D eigenvalue weighted by molar-refractivity contribution is 7.98. The molecule has 1 aromatic rings. The summed E-state index contributed by atoms with van der Waals surface area (Å²) in [5.74, 6) is 0. The van der Waals surface area contributed by atoms with Crippen LogP contribution >= 0.6 is 19.9 Å². The maximum atomic E-state index is 11.9. The zero-order chi connectivity index (χ0) is 11.9. The van der Waals surface area contributed by atoms with E-state index in [0.717, 1.165) is 16.9 Å². The highest BCUT2D eigenvalue weighted by Gasteiger charge is 2.26. The van der Waals surface area contributed by atoms with E-state index in [1.54, 1.807) is 13.8 Å². The standard InChI is InChI=1S/C10H15O4PS/c1-3-12-15(11,13-4-2)14-16-10-8-6-5-7-9-10/h5-9H,3-4H2,1-2H3. The Morgan fingerprint density at radius 3 is 2.19 bits per heavy atom. The van der Waals surface area contributed by atoms with Crippen molar-refractivity contribution in [3.8, 4) is 0 Å². The summed E-state index contributed by atoms with van der Waals surface area (Å²) in [5, 5.41) is 0. The van der Waals surface area contributed by atoms with E-state index < -0.39 is 7.82 Å². The Balaban J connectivity index is 2.53. The average Bonchev–Trinajstić information content (AvgIpc) is 2.29. The Bertz CT molecular complexity index is 334. The molecule has 0 aliphatic heterocycles. The lowest BCUT2D eigenvalue weighted by molar-refractivity contribution is 0.175. The lowest BCUT2D eigenvalue weighted by Gasteiger charge is -2.14. The second-order valence-electron chi connectivity index (χ2n) is 2.75. The normalized spacial score (nSPS) is 11.6. The van der Waals surface area contributed by atoms with Crippen molar-refractivity contribution in [1.82, 2.24) is 0 Å². The third kappa shape index (κ3) is 4.68. The molecule has 0 heterocycles. The van der Waals surface area contributed by atoms with Gasteiger partial charge < -0.3 is 0 Å². The molecule has 0 aliphatic carbocycles. The van der Waals surface area contributed by atoms with E-state index in [1.807, 2.05) is 30.3 Å². The predicted octanol–water partition coefficient (Wildman–Crippen LogP) is 3.89. The molecule has 0 unspecified atom stereocenters. The summed E-state index contributed by atoms with van der Waals surface area (Å²) >= 11 is 0.994. The molecule has 4 nitrogen and oxygen atoms in total. The van der Waals surface area contributed by atoms with Crippen LogP contribution in [0.25, 0.3) is 0 Å². The van der Waals surface area contributed by atoms with Crippen LogP contribution in [0.2, 0.25) is 0 Å². The number of hydrogen-bond acceptors (Lipinski definition) is 5. The summed E-state index contributed by atoms with van der Waals surface area (Å²) in [5.41, 5.74) is 0. The third-order valence-corrected chi connectivity index (χ3v) is 4.18. The molecular formula is C10H15O4PS. The Morgan fingerprint density at radius 1 is 1.12 bits per heavy atom. The molecule has 0 atom stereocenters. The third-order valence-electron chi connectivity index (χ3n) is 1.54. The summed E-state index contributed by atoms with van der Waals surface area (Å²) in [6.07, 6.45) is 0. The Hall–Kier alpha value is -0.320. The van der Waals surface area contributed by atoms with Crippen LogP contribution in [0.3, 0.4) is 0 Å². The first-order chi connectivity index (χ1) is 7.70. The monoisotopic (exact) mass is 262 g/mol. The molecule has 0 spiro atoms. The smallest absolute Gasteiger partial charge is 0.287 e. The van der Waals surface area contributed by atoms with Crippen molar-refractivity contribution in [1.29, 1.82) is 0 Å². The largest absolute Gasteiger partial charge is 0.486 e. The molecule has 0 bridgehead atoms. The number of phosphoric acid groups is 1. The fraction of sp³-hybridized carbons (Fsp3) is 0.400.